The average molecular weight is 686 g/mol. The maximum absolute atomic E-state index is 13.4. The molecule has 4 aromatic rings. The summed E-state index contributed by atoms with van der Waals surface area (Å²) in [6.45, 7) is 0.852. The number of thiazole rings is 1. The second kappa shape index (κ2) is 12.3. The number of ketones is 1. The van der Waals surface area contributed by atoms with Crippen LogP contribution >= 0.6 is 46.0 Å². The Morgan fingerprint density at radius 1 is 1.36 bits per heavy atom. The van der Waals surface area contributed by atoms with Crippen LogP contribution < -0.4 is 16.0 Å². The predicted octanol–water partition coefficient (Wildman–Crippen LogP) is 2.89. The van der Waals surface area contributed by atoms with Crippen LogP contribution in [-0.2, 0) is 32.3 Å². The van der Waals surface area contributed by atoms with Crippen molar-refractivity contribution in [2.75, 3.05) is 18.6 Å². The second-order valence-electron chi connectivity index (χ2n) is 10.3. The van der Waals surface area contributed by atoms with E-state index in [1.165, 1.54) is 35.1 Å². The van der Waals surface area contributed by atoms with Crippen LogP contribution in [0.1, 0.15) is 22.6 Å². The molecule has 232 valence electrons. The van der Waals surface area contributed by atoms with Crippen molar-refractivity contribution in [1.82, 2.24) is 14.5 Å². The topological polar surface area (TPSA) is 194 Å². The molecule has 13 nitrogen and oxygen atoms in total. The summed E-state index contributed by atoms with van der Waals surface area (Å²) in [5.41, 5.74) is 14.3. The van der Waals surface area contributed by atoms with Crippen molar-refractivity contribution in [3.8, 4) is 0 Å². The van der Waals surface area contributed by atoms with Gasteiger partial charge in [0, 0.05) is 51.9 Å². The summed E-state index contributed by atoms with van der Waals surface area (Å²) in [6.07, 6.45) is 3.62. The molecule has 6 heterocycles. The molecule has 2 aliphatic rings. The highest BCUT2D eigenvalue weighted by atomic mass is 35.5. The summed E-state index contributed by atoms with van der Waals surface area (Å²) in [4.78, 5) is 50.4. The number of Topliss-reactive ketones (excluding diaryl/α,β-unsaturated/α-hetero) is 1. The summed E-state index contributed by atoms with van der Waals surface area (Å²) in [6, 6.07) is 7.74. The van der Waals surface area contributed by atoms with Crippen LogP contribution in [0.3, 0.4) is 0 Å². The van der Waals surface area contributed by atoms with Gasteiger partial charge in [0.2, 0.25) is 11.4 Å². The van der Waals surface area contributed by atoms with Crippen molar-refractivity contribution >= 4 is 91.4 Å². The van der Waals surface area contributed by atoms with Crippen LogP contribution in [0.15, 0.2) is 58.5 Å². The van der Waals surface area contributed by atoms with E-state index in [1.807, 2.05) is 46.6 Å². The fourth-order valence-corrected chi connectivity index (χ4v) is 8.70. The Morgan fingerprint density at radius 2 is 2.16 bits per heavy atom. The number of fused-ring (bicyclic) bond motifs is 2. The summed E-state index contributed by atoms with van der Waals surface area (Å²) >= 11 is 10.1. The van der Waals surface area contributed by atoms with E-state index < -0.39 is 29.0 Å². The number of β-lactam (4-membered cyclic amide) rings is 1. The molecule has 0 radical (unpaired) electrons. The highest BCUT2D eigenvalue weighted by Gasteiger charge is 2.54. The molecule has 0 aliphatic carbocycles. The molecule has 0 spiro atoms. The van der Waals surface area contributed by atoms with E-state index >= 15 is 0 Å². The van der Waals surface area contributed by atoms with Gasteiger partial charge in [-0.15, -0.1) is 23.1 Å². The van der Waals surface area contributed by atoms with Gasteiger partial charge in [0.15, 0.2) is 29.4 Å². The molecular weight excluding hydrogens is 660 g/mol. The number of hydrogen-bond donors (Lipinski definition) is 4. The largest absolute Gasteiger partial charge is 0.477 e. The minimum atomic E-state index is -1.20. The van der Waals surface area contributed by atoms with Crippen LogP contribution in [-0.4, -0.2) is 67.0 Å². The van der Waals surface area contributed by atoms with Crippen molar-refractivity contribution in [3.05, 3.63) is 73.8 Å². The van der Waals surface area contributed by atoms with Crippen molar-refractivity contribution in [2.24, 2.45) is 16.8 Å². The highest BCUT2D eigenvalue weighted by molar-refractivity contribution is 8.00. The second-order valence-corrected chi connectivity index (χ2v) is 14.0. The summed E-state index contributed by atoms with van der Waals surface area (Å²) in [7, 11) is 1.28. The van der Waals surface area contributed by atoms with E-state index in [0.717, 1.165) is 27.2 Å². The lowest BCUT2D eigenvalue weighted by Crippen LogP contribution is -2.62. The molecule has 45 heavy (non-hydrogen) atoms. The molecule has 1 fully saturated rings. The number of carboxylic acid groups (broad SMARTS) is 1. The molecule has 6 rings (SSSR count). The van der Waals surface area contributed by atoms with Crippen LogP contribution in [0, 0.1) is 11.3 Å². The van der Waals surface area contributed by atoms with Gasteiger partial charge >= 0.3 is 5.97 Å². The smallest absolute Gasteiger partial charge is 0.352 e. The summed E-state index contributed by atoms with van der Waals surface area (Å²) in [5.74, 6) is -2.53. The number of carboxylic acids is 1. The normalized spacial score (nSPS) is 18.2. The number of carbonyl (C=O) groups is 3. The van der Waals surface area contributed by atoms with Gasteiger partial charge in [-0.25, -0.2) is 9.78 Å². The number of rotatable bonds is 11. The van der Waals surface area contributed by atoms with E-state index in [1.54, 1.807) is 0 Å². The Balaban J connectivity index is 1.22. The van der Waals surface area contributed by atoms with Crippen molar-refractivity contribution < 1.29 is 28.9 Å². The third-order valence-electron chi connectivity index (χ3n) is 7.50. The molecule has 0 saturated carbocycles. The number of pyridine rings is 1. The molecule has 17 heteroatoms. The van der Waals surface area contributed by atoms with E-state index in [9.17, 15) is 19.5 Å². The van der Waals surface area contributed by atoms with Crippen LogP contribution in [0.25, 0.3) is 11.0 Å². The van der Waals surface area contributed by atoms with Gasteiger partial charge in [0.05, 0.1) is 17.8 Å². The molecule has 0 unspecified atom stereocenters. The molecular formula is C28H26ClN8O5S3+. The standard InChI is InChI=1S/C28H25ClN8O5S3/c1-42-34-20(21-23(29)45-28(32)33-21)19(38)8-16-25(39)37-22(27(40)41)14(12-44-26(16)37)9-35-5-2-3-17-18(35)4-6-36(17)10-15-7-13(11-43-15)24(30)31/h2-7,11,16,26H,8-10,12H2,1H3,(H5-,30,31,32,33,40,41)/p+1/b34-20+/t16-,26-/m1/s1. The Morgan fingerprint density at radius 3 is 2.82 bits per heavy atom. The molecule has 2 aliphatic heterocycles. The van der Waals surface area contributed by atoms with Crippen LogP contribution in [0.5, 0.6) is 0 Å². The lowest BCUT2D eigenvalue weighted by Gasteiger charge is -2.49. The van der Waals surface area contributed by atoms with Crippen LogP contribution in [0.4, 0.5) is 5.13 Å². The third kappa shape index (κ3) is 5.69. The molecule has 0 aromatic carbocycles. The number of aromatic nitrogens is 3. The lowest BCUT2D eigenvalue weighted by molar-refractivity contribution is -0.663. The Labute approximate surface area is 273 Å². The predicted molar refractivity (Wildman–Crippen MR) is 173 cm³/mol. The van der Waals surface area contributed by atoms with E-state index in [-0.39, 0.29) is 45.4 Å². The average Bonchev–Trinajstić information content (AvgIpc) is 3.73. The summed E-state index contributed by atoms with van der Waals surface area (Å²) < 4.78 is 4.21. The van der Waals surface area contributed by atoms with E-state index in [4.69, 9.17) is 33.3 Å². The van der Waals surface area contributed by atoms with Gasteiger partial charge in [0.1, 0.15) is 34.2 Å². The fraction of sp³-hybridized carbons (Fsp3) is 0.250. The number of thiophene rings is 1. The number of nitrogens with zero attached hydrogens (tertiary/aromatic N) is 5. The number of amides is 1. The third-order valence-corrected chi connectivity index (χ3v) is 10.9. The number of amidine groups is 1. The zero-order valence-electron chi connectivity index (χ0n) is 23.6. The number of halogens is 1. The molecule has 0 bridgehead atoms. The van der Waals surface area contributed by atoms with Crippen molar-refractivity contribution in [2.45, 2.75) is 24.9 Å². The zero-order chi connectivity index (χ0) is 32.0. The molecule has 1 amide bonds. The minimum absolute atomic E-state index is 0.0252. The number of nitrogens with one attached hydrogen (secondary N) is 1. The van der Waals surface area contributed by atoms with Gasteiger partial charge in [0.25, 0.3) is 0 Å². The Bertz CT molecular complexity index is 1950. The SMILES string of the molecule is CO/N=C(\C(=O)C[C@@H]1C(=O)N2C(C(=O)O)=C(C[n+]3cccc4c3ccn4Cc3cc(C(=N)N)cs3)CS[C@H]12)c1nc(N)sc1Cl. The first-order valence-electron chi connectivity index (χ1n) is 13.4. The highest BCUT2D eigenvalue weighted by Crippen LogP contribution is 2.45. The Kier molecular flexibility index (Phi) is 8.39. The number of carbonyl (C=O) groups excluding carboxylic acids is 2. The number of oxime groups is 1. The van der Waals surface area contributed by atoms with E-state index in [0.29, 0.717) is 23.4 Å². The summed E-state index contributed by atoms with van der Waals surface area (Å²) in [5, 5.41) is 23.1. The minimum Gasteiger partial charge on any atom is -0.477 e. The zero-order valence-corrected chi connectivity index (χ0v) is 26.8. The maximum Gasteiger partial charge on any atom is 0.352 e. The van der Waals surface area contributed by atoms with Gasteiger partial charge < -0.3 is 26.0 Å². The molecule has 1 saturated heterocycles. The number of nitrogen functional groups attached to an aromatic ring is 2. The number of thioether (sulfide) groups is 1. The first-order valence-corrected chi connectivity index (χ1v) is 16.5. The maximum atomic E-state index is 13.4. The fourth-order valence-electron chi connectivity index (χ4n) is 5.49. The van der Waals surface area contributed by atoms with Crippen molar-refractivity contribution in [1.29, 1.82) is 5.41 Å². The van der Waals surface area contributed by atoms with Gasteiger partial charge in [-0.3, -0.25) is 19.9 Å². The first kappa shape index (κ1) is 30.8. The molecule has 4 aromatic heterocycles. The van der Waals surface area contributed by atoms with Gasteiger partial charge in [-0.2, -0.15) is 4.57 Å². The van der Waals surface area contributed by atoms with Crippen molar-refractivity contribution in [3.63, 3.8) is 0 Å². The molecule has 2 atom stereocenters. The van der Waals surface area contributed by atoms with E-state index in [2.05, 4.69) is 14.7 Å². The monoisotopic (exact) mass is 685 g/mol. The van der Waals surface area contributed by atoms with Gasteiger partial charge in [-0.1, -0.05) is 28.1 Å². The quantitative estimate of drug-likeness (QED) is 0.0604. The number of hydrogen-bond acceptors (Lipinski definition) is 11. The van der Waals surface area contributed by atoms with Crippen LogP contribution in [0.2, 0.25) is 4.34 Å². The number of aliphatic carboxylic acids is 1. The molecule has 6 N–H and O–H groups in total. The lowest BCUT2D eigenvalue weighted by atomic mass is 9.89. The first-order chi connectivity index (χ1) is 21.6. The number of anilines is 1. The Hall–Kier alpha value is -4.25. The number of nitrogens with two attached hydrogens (primary N) is 2. The van der Waals surface area contributed by atoms with Gasteiger partial charge in [-0.05, 0) is 12.1 Å².